The predicted molar refractivity (Wildman–Crippen MR) is 141 cm³/mol. The van der Waals surface area contributed by atoms with E-state index >= 15 is 0 Å². The monoisotopic (exact) mass is 498 g/mol. The van der Waals surface area contributed by atoms with Gasteiger partial charge in [-0.3, -0.25) is 9.59 Å². The summed E-state index contributed by atoms with van der Waals surface area (Å²) in [6.07, 6.45) is 5.87. The summed E-state index contributed by atoms with van der Waals surface area (Å²) in [6, 6.07) is 1.16. The third-order valence-corrected chi connectivity index (χ3v) is 6.34. The molecular weight excluding hydrogens is 460 g/mol. The third kappa shape index (κ3) is 6.65. The van der Waals surface area contributed by atoms with E-state index in [0.717, 1.165) is 24.5 Å². The van der Waals surface area contributed by atoms with E-state index in [1.807, 2.05) is 33.8 Å². The molecule has 0 aliphatic heterocycles. The largest absolute Gasteiger partial charge is 0.507 e. The maximum Gasteiger partial charge on any atom is 0.336 e. The quantitative estimate of drug-likeness (QED) is 0.154. The maximum atomic E-state index is 13.3. The molecule has 0 amide bonds. The molecule has 0 saturated carbocycles. The van der Waals surface area contributed by atoms with Gasteiger partial charge in [-0.2, -0.15) is 0 Å². The van der Waals surface area contributed by atoms with Crippen molar-refractivity contribution in [3.63, 3.8) is 0 Å². The van der Waals surface area contributed by atoms with Gasteiger partial charge in [0.15, 0.2) is 11.4 Å². The van der Waals surface area contributed by atoms with Gasteiger partial charge >= 0.3 is 11.6 Å². The number of hydrogen-bond acceptors (Lipinski definition) is 7. The van der Waals surface area contributed by atoms with Gasteiger partial charge in [-0.1, -0.05) is 44.1 Å². The first kappa shape index (κ1) is 28.9. The Kier molecular flexibility index (Phi) is 10.1. The average molecular weight is 499 g/mol. The molecule has 0 saturated heterocycles. The number of fused-ring (bicyclic) bond motifs is 1. The molecule has 0 aliphatic carbocycles. The van der Waals surface area contributed by atoms with Crippen molar-refractivity contribution < 1.29 is 29.0 Å². The molecule has 2 aromatic rings. The minimum Gasteiger partial charge on any atom is -0.507 e. The van der Waals surface area contributed by atoms with Crippen LogP contribution in [-0.4, -0.2) is 22.0 Å². The van der Waals surface area contributed by atoms with E-state index in [4.69, 9.17) is 9.15 Å². The number of esters is 1. The van der Waals surface area contributed by atoms with Crippen molar-refractivity contribution in [2.45, 2.75) is 86.7 Å². The Balaban J connectivity index is 2.84. The SMILES string of the molecule is CCC(C)C(=O)c1c(O)c(C/C=C(\C)CCC=C(C)C)c(O)c2c([C@H](CC)OC(C)=O)cc(=O)oc12. The van der Waals surface area contributed by atoms with Gasteiger partial charge in [0.25, 0.3) is 0 Å². The first-order chi connectivity index (χ1) is 16.9. The van der Waals surface area contributed by atoms with Crippen LogP contribution in [0.5, 0.6) is 11.5 Å². The van der Waals surface area contributed by atoms with Gasteiger partial charge < -0.3 is 19.4 Å². The standard InChI is InChI=1S/C29H38O7/c1-8-18(6)26(32)25-28(34)20(14-13-17(5)12-10-11-16(3)4)27(33)24-21(15-23(31)36-29(24)25)22(9-2)35-19(7)30/h11,13,15,18,22,33-34H,8-10,12,14H2,1-7H3/b17-13+/t18?,22-/m0/s1. The zero-order valence-electron chi connectivity index (χ0n) is 22.4. The smallest absolute Gasteiger partial charge is 0.336 e. The van der Waals surface area contributed by atoms with Gasteiger partial charge in [-0.25, -0.2) is 4.79 Å². The summed E-state index contributed by atoms with van der Waals surface area (Å²) >= 11 is 0. The van der Waals surface area contributed by atoms with Crippen LogP contribution in [0.3, 0.4) is 0 Å². The van der Waals surface area contributed by atoms with Crippen molar-refractivity contribution in [1.29, 1.82) is 0 Å². The zero-order valence-corrected chi connectivity index (χ0v) is 22.4. The second-order valence-electron chi connectivity index (χ2n) is 9.53. The third-order valence-electron chi connectivity index (χ3n) is 6.34. The predicted octanol–water partition coefficient (Wildman–Crippen LogP) is 6.68. The Labute approximate surface area is 212 Å². The summed E-state index contributed by atoms with van der Waals surface area (Å²) in [5.41, 5.74) is 1.57. The summed E-state index contributed by atoms with van der Waals surface area (Å²) < 4.78 is 10.8. The maximum absolute atomic E-state index is 13.3. The molecule has 0 bridgehead atoms. The number of allylic oxidation sites excluding steroid dienone is 4. The lowest BCUT2D eigenvalue weighted by Gasteiger charge is -2.21. The highest BCUT2D eigenvalue weighted by Crippen LogP contribution is 2.44. The summed E-state index contributed by atoms with van der Waals surface area (Å²) in [5.74, 6) is -2.11. The van der Waals surface area contributed by atoms with Crippen molar-refractivity contribution >= 4 is 22.7 Å². The fourth-order valence-electron chi connectivity index (χ4n) is 4.09. The number of carbonyl (C=O) groups is 2. The average Bonchev–Trinajstić information content (AvgIpc) is 2.80. The highest BCUT2D eigenvalue weighted by atomic mass is 16.5. The Morgan fingerprint density at radius 2 is 1.72 bits per heavy atom. The molecule has 7 nitrogen and oxygen atoms in total. The number of phenols is 2. The summed E-state index contributed by atoms with van der Waals surface area (Å²) in [5, 5.41) is 22.6. The van der Waals surface area contributed by atoms with Gasteiger partial charge in [0.1, 0.15) is 23.2 Å². The number of benzene rings is 1. The van der Waals surface area contributed by atoms with Crippen molar-refractivity contribution in [3.8, 4) is 11.5 Å². The Morgan fingerprint density at radius 3 is 2.28 bits per heavy atom. The van der Waals surface area contributed by atoms with Gasteiger partial charge in [-0.05, 0) is 52.9 Å². The van der Waals surface area contributed by atoms with E-state index in [-0.39, 0.29) is 39.8 Å². The van der Waals surface area contributed by atoms with Crippen molar-refractivity contribution in [2.24, 2.45) is 5.92 Å². The van der Waals surface area contributed by atoms with Gasteiger partial charge in [-0.15, -0.1) is 0 Å². The van der Waals surface area contributed by atoms with Gasteiger partial charge in [0, 0.05) is 30.0 Å². The molecule has 36 heavy (non-hydrogen) atoms. The van der Waals surface area contributed by atoms with Crippen molar-refractivity contribution in [3.05, 3.63) is 56.5 Å². The van der Waals surface area contributed by atoms with Crippen molar-refractivity contribution in [1.82, 2.24) is 0 Å². The minimum atomic E-state index is -0.842. The Morgan fingerprint density at radius 1 is 1.06 bits per heavy atom. The van der Waals surface area contributed by atoms with Crippen LogP contribution >= 0.6 is 0 Å². The molecule has 0 spiro atoms. The molecule has 0 fully saturated rings. The van der Waals surface area contributed by atoms with E-state index in [2.05, 4.69) is 6.08 Å². The fraction of sp³-hybridized carbons (Fsp3) is 0.483. The number of aromatic hydroxyl groups is 2. The van der Waals surface area contributed by atoms with Gasteiger partial charge in [0.2, 0.25) is 0 Å². The summed E-state index contributed by atoms with van der Waals surface area (Å²) in [6.45, 7) is 12.6. The molecule has 2 N–H and O–H groups in total. The minimum absolute atomic E-state index is 0.0951. The second-order valence-corrected chi connectivity index (χ2v) is 9.53. The van der Waals surface area contributed by atoms with Crippen LogP contribution in [-0.2, 0) is 16.0 Å². The van der Waals surface area contributed by atoms with E-state index in [9.17, 15) is 24.6 Å². The topological polar surface area (TPSA) is 114 Å². The normalized spacial score (nSPS) is 13.4. The molecule has 2 rings (SSSR count). The number of hydrogen-bond donors (Lipinski definition) is 2. The molecule has 1 aromatic heterocycles. The number of carbonyl (C=O) groups excluding carboxylic acids is 2. The van der Waals surface area contributed by atoms with Crippen LogP contribution in [0.4, 0.5) is 0 Å². The Hall–Kier alpha value is -3.35. The van der Waals surface area contributed by atoms with Crippen LogP contribution in [0.25, 0.3) is 11.0 Å². The number of ketones is 1. The van der Waals surface area contributed by atoms with E-state index < -0.39 is 35.1 Å². The lowest BCUT2D eigenvalue weighted by Crippen LogP contribution is -2.16. The second kappa shape index (κ2) is 12.6. The number of rotatable bonds is 11. The molecule has 2 atom stereocenters. The molecule has 1 aromatic carbocycles. The lowest BCUT2D eigenvalue weighted by atomic mass is 9.89. The first-order valence-electron chi connectivity index (χ1n) is 12.5. The highest BCUT2D eigenvalue weighted by Gasteiger charge is 2.31. The van der Waals surface area contributed by atoms with Crippen LogP contribution in [0.2, 0.25) is 0 Å². The van der Waals surface area contributed by atoms with E-state index in [1.165, 1.54) is 12.5 Å². The van der Waals surface area contributed by atoms with Crippen LogP contribution in [0, 0.1) is 5.92 Å². The summed E-state index contributed by atoms with van der Waals surface area (Å²) in [7, 11) is 0. The Bertz CT molecular complexity index is 1240. The molecule has 1 unspecified atom stereocenters. The molecule has 0 radical (unpaired) electrons. The molecule has 7 heteroatoms. The van der Waals surface area contributed by atoms with E-state index in [0.29, 0.717) is 12.8 Å². The van der Waals surface area contributed by atoms with Crippen molar-refractivity contribution in [2.75, 3.05) is 0 Å². The highest BCUT2D eigenvalue weighted by molar-refractivity contribution is 6.12. The lowest BCUT2D eigenvalue weighted by molar-refractivity contribution is -0.146. The number of phenolic OH excluding ortho intramolecular Hbond substituents is 2. The van der Waals surface area contributed by atoms with Gasteiger partial charge in [0.05, 0.1) is 5.39 Å². The number of Topliss-reactive ketones (excluding diaryl/α,β-unsaturated/α-hetero) is 1. The van der Waals surface area contributed by atoms with Crippen LogP contribution < -0.4 is 5.63 Å². The first-order valence-corrected chi connectivity index (χ1v) is 12.5. The van der Waals surface area contributed by atoms with Crippen LogP contribution in [0.15, 0.2) is 38.6 Å². The zero-order chi connectivity index (χ0) is 27.2. The molecule has 1 heterocycles. The molecule has 0 aliphatic rings. The van der Waals surface area contributed by atoms with Crippen LogP contribution in [0.1, 0.15) is 102 Å². The van der Waals surface area contributed by atoms with E-state index in [1.54, 1.807) is 13.8 Å². The number of ether oxygens (including phenoxy) is 1. The summed E-state index contributed by atoms with van der Waals surface area (Å²) in [4.78, 5) is 37.6. The molecular formula is C29H38O7. The molecule has 196 valence electrons. The fourth-order valence-corrected chi connectivity index (χ4v) is 4.09.